The Bertz CT molecular complexity index is 6280. The van der Waals surface area contributed by atoms with Crippen molar-refractivity contribution in [3.8, 4) is 0 Å². The first kappa shape index (κ1) is 108. The number of hydrogen-bond acceptors (Lipinski definition) is 23. The number of hydrogen-bond donors (Lipinski definition) is 10. The molecule has 23 nitrogen and oxygen atoms in total. The van der Waals surface area contributed by atoms with Crippen molar-refractivity contribution in [3.05, 3.63) is 334 Å². The number of thiazole rings is 5. The number of aldehydes is 1. The van der Waals surface area contributed by atoms with E-state index in [9.17, 15) is 46.3 Å². The van der Waals surface area contributed by atoms with Crippen molar-refractivity contribution < 1.29 is 42.8 Å². The number of benzene rings is 9. The fourth-order valence-electron chi connectivity index (χ4n) is 15.7. The van der Waals surface area contributed by atoms with Crippen LogP contribution in [-0.4, -0.2) is 157 Å². The SMILES string of the molecule is C.C.C=CCN1CCC(Cc2ccc(F)cc2)CC1.C=CCN1CCC(Cc2ccc(F)cc2)CC1.Cl.Fc1ccc(CC2CCNCC2)cc1.NO.O=Cc1ccc2[nH]c(=O)sc2c1.O=c1[nH]c2ccc(/C(Cl)=N\O)cc2s1.O=c1[nH]c2ccc(/C=N\O)cc2s1.O=c1[nH]c2ccc(Br)cc2s1.O=c1[nH]c2ccc(C3=NOC(CN4CCC(Cc5ccc(F)cc5)CC4)C3)cc2s1. The van der Waals surface area contributed by atoms with Crippen LogP contribution in [0.3, 0.4) is 0 Å². The van der Waals surface area contributed by atoms with Crippen LogP contribution in [0, 0.1) is 46.9 Å². The standard InChI is InChI=1S/C23H24FN3O2S.2C15H20FN.C12H16FN.C8H5ClN2O2S.C8H6N2O2S.C8H5NO2S.C7H4BrNOS.2CH4.ClH.H3NO/c24-18-4-1-15(2-5-18)11-16-7-9-27(10-8-16)14-19-13-21(26-29-19)17-3-6-20-22(12-17)30-23(28)25-20;2*1-2-9-17-10-7-14(8-11-17)12-13-3-5-15(16)6-4-13;13-12-3-1-10(2-4-12)9-11-5-7-14-8-6-11;9-7(11-13)4-1-2-5-6(3-4)14-8(12)10-5;11-8-10-6-2-1-5(4-9-12)3-7(6)13-8;10-4-5-1-2-6-7(3-5)12-8(11)9-6;8-4-1-2-5-6(3-4)11-7(10)9-5;;;;1-2/h1-6,12,16,19H,7-11,13-14H2,(H,25,28);2*2-6,14H,1,7-12H2;1-4,11,14H,5-9H2;1-3,13H,(H,10,12);1-4,12H,(H,10,11);1-4H,(H,9,11);1-3H,(H,9,10);2*1H4;1H;2H,1H2/b;;;;11-7+;9-4-;;;;;;. The molecule has 19 rings (SSSR count). The van der Waals surface area contributed by atoms with E-state index in [1.165, 1.54) is 89.7 Å². The lowest BCUT2D eigenvalue weighted by Crippen LogP contribution is -2.39. The van der Waals surface area contributed by atoms with Gasteiger partial charge in [-0.1, -0.05) is 187 Å². The van der Waals surface area contributed by atoms with Crippen molar-refractivity contribution in [3.63, 3.8) is 0 Å². The van der Waals surface area contributed by atoms with Crippen LogP contribution in [0.1, 0.15) is 122 Å². The molecule has 11 N–H and O–H groups in total. The summed E-state index contributed by atoms with van der Waals surface area (Å²) in [5.74, 6) is 5.84. The Morgan fingerprint density at radius 2 is 0.812 bits per heavy atom. The Hall–Kier alpha value is -10.5. The smallest absolute Gasteiger partial charge is 0.305 e. The van der Waals surface area contributed by atoms with Crippen molar-refractivity contribution >= 4 is 171 Å². The van der Waals surface area contributed by atoms with Gasteiger partial charge in [-0.15, -0.1) is 25.6 Å². The first-order chi connectivity index (χ1) is 63.1. The maximum Gasteiger partial charge on any atom is 0.305 e. The lowest BCUT2D eigenvalue weighted by atomic mass is 9.90. The topological polar surface area (TPSA) is 336 Å². The summed E-state index contributed by atoms with van der Waals surface area (Å²) in [5, 5.41) is 36.7. The minimum Gasteiger partial charge on any atom is -0.411 e. The summed E-state index contributed by atoms with van der Waals surface area (Å²) in [5.41, 5.74) is 13.0. The quantitative estimate of drug-likeness (QED) is 0.00953. The Labute approximate surface area is 808 Å². The van der Waals surface area contributed by atoms with Gasteiger partial charge in [-0.3, -0.25) is 43.5 Å². The number of carbonyl (C=O) groups is 1. The zero-order chi connectivity index (χ0) is 92.3. The number of aromatic nitrogens is 5. The first-order valence-corrected chi connectivity index (χ1v) is 47.7. The summed E-state index contributed by atoms with van der Waals surface area (Å²) in [7, 11) is 0. The third-order valence-electron chi connectivity index (χ3n) is 22.4. The van der Waals surface area contributed by atoms with Crippen molar-refractivity contribution in [2.24, 2.45) is 45.0 Å². The number of rotatable bonds is 18. The predicted octanol–water partition coefficient (Wildman–Crippen LogP) is 21.2. The molecule has 35 heteroatoms. The normalized spacial score (nSPS) is 15.4. The van der Waals surface area contributed by atoms with Crippen LogP contribution in [0.15, 0.2) is 257 Å². The molecular formula is C98H112BrCl2F4N13O10S5. The second kappa shape index (κ2) is 56.0. The highest BCUT2D eigenvalue weighted by Gasteiger charge is 2.28. The predicted molar refractivity (Wildman–Crippen MR) is 545 cm³/mol. The number of nitrogens with one attached hydrogen (secondary N) is 6. The van der Waals surface area contributed by atoms with E-state index in [4.69, 9.17) is 32.1 Å². The van der Waals surface area contributed by atoms with Crippen molar-refractivity contribution in [1.29, 1.82) is 0 Å². The van der Waals surface area contributed by atoms with E-state index in [2.05, 4.69) is 95.4 Å². The first-order valence-electron chi connectivity index (χ1n) is 42.4. The van der Waals surface area contributed by atoms with Crippen LogP contribution < -0.4 is 35.6 Å². The molecule has 14 aromatic rings. The van der Waals surface area contributed by atoms with Crippen molar-refractivity contribution in [2.75, 3.05) is 72.0 Å². The summed E-state index contributed by atoms with van der Waals surface area (Å²) in [6.07, 6.45) is 21.0. The van der Waals surface area contributed by atoms with Gasteiger partial charge in [-0.05, 0) is 308 Å². The molecule has 10 heterocycles. The number of likely N-dealkylation sites (tertiary alicyclic amines) is 3. The summed E-state index contributed by atoms with van der Waals surface area (Å²) >= 11 is 14.7. The summed E-state index contributed by atoms with van der Waals surface area (Å²) in [6, 6.07) is 54.9. The van der Waals surface area contributed by atoms with Gasteiger partial charge >= 0.3 is 24.4 Å². The summed E-state index contributed by atoms with van der Waals surface area (Å²) < 4.78 is 56.7. The van der Waals surface area contributed by atoms with Gasteiger partial charge in [-0.2, -0.15) is 0 Å². The van der Waals surface area contributed by atoms with Crippen LogP contribution in [0.5, 0.6) is 0 Å². The minimum atomic E-state index is -0.171. The Kier molecular flexibility index (Phi) is 45.4. The molecule has 0 bridgehead atoms. The van der Waals surface area contributed by atoms with E-state index in [-0.39, 0.29) is 86.2 Å². The zero-order valence-corrected chi connectivity index (χ0v) is 78.9. The van der Waals surface area contributed by atoms with Gasteiger partial charge in [0.15, 0.2) is 5.17 Å². The fourth-order valence-corrected chi connectivity index (χ4v) is 20.2. The molecule has 5 aromatic heterocycles. The average Bonchev–Trinajstić information content (AvgIpc) is 1.68. The number of oxime groups is 3. The second-order valence-electron chi connectivity index (χ2n) is 31.7. The van der Waals surface area contributed by atoms with Gasteiger partial charge in [0.25, 0.3) is 0 Å². The van der Waals surface area contributed by atoms with E-state index < -0.39 is 0 Å². The average molecular weight is 2020 g/mol. The molecule has 5 aliphatic heterocycles. The summed E-state index contributed by atoms with van der Waals surface area (Å²) in [4.78, 5) is 91.8. The van der Waals surface area contributed by atoms with Gasteiger partial charge in [0.2, 0.25) is 0 Å². The van der Waals surface area contributed by atoms with Gasteiger partial charge in [0.1, 0.15) is 35.7 Å². The lowest BCUT2D eigenvalue weighted by Gasteiger charge is -2.33. The minimum absolute atomic E-state index is 0. The number of H-pyrrole nitrogens is 5. The van der Waals surface area contributed by atoms with Crippen LogP contribution in [0.2, 0.25) is 0 Å². The van der Waals surface area contributed by atoms with Gasteiger partial charge in [0.05, 0.1) is 63.0 Å². The van der Waals surface area contributed by atoms with Crippen LogP contribution >= 0.6 is 96.6 Å². The van der Waals surface area contributed by atoms with Gasteiger partial charge in [0, 0.05) is 47.2 Å². The number of halogens is 7. The van der Waals surface area contributed by atoms with E-state index in [1.807, 2.05) is 97.1 Å². The molecule has 0 spiro atoms. The van der Waals surface area contributed by atoms with Crippen molar-refractivity contribution in [1.82, 2.24) is 44.9 Å². The van der Waals surface area contributed by atoms with E-state index in [0.29, 0.717) is 17.0 Å². The van der Waals surface area contributed by atoms with E-state index in [0.717, 1.165) is 247 Å². The molecule has 1 unspecified atom stereocenters. The summed E-state index contributed by atoms with van der Waals surface area (Å²) in [6.45, 7) is 19.5. The molecule has 9 aromatic carbocycles. The number of nitrogens with two attached hydrogens (primary N) is 1. The maximum atomic E-state index is 13.1. The van der Waals surface area contributed by atoms with E-state index >= 15 is 0 Å². The van der Waals surface area contributed by atoms with Gasteiger partial charge < -0.3 is 50.7 Å². The fraction of sp³-hybridized carbons (Fsp3) is 0.316. The molecule has 133 heavy (non-hydrogen) atoms. The molecule has 0 aliphatic carbocycles. The molecule has 0 saturated carbocycles. The Balaban J connectivity index is 0.000000190. The van der Waals surface area contributed by atoms with Crippen LogP contribution in [-0.2, 0) is 30.5 Å². The number of nitrogens with zero attached hydrogens (tertiary/aromatic N) is 6. The van der Waals surface area contributed by atoms with Gasteiger partial charge in [-0.25, -0.2) is 23.5 Å². The van der Waals surface area contributed by atoms with Crippen molar-refractivity contribution in [2.45, 2.75) is 104 Å². The lowest BCUT2D eigenvalue weighted by molar-refractivity contribution is 0.0419. The molecule has 4 saturated heterocycles. The monoisotopic (exact) mass is 2020 g/mol. The molecule has 708 valence electrons. The number of carbonyl (C=O) groups excluding carboxylic acids is 1. The highest BCUT2D eigenvalue weighted by Crippen LogP contribution is 2.30. The third-order valence-corrected chi connectivity index (χ3v) is 27.4. The molecule has 0 amide bonds. The maximum absolute atomic E-state index is 13.1. The number of aromatic amines is 5. The largest absolute Gasteiger partial charge is 0.411 e. The highest BCUT2D eigenvalue weighted by atomic mass is 79.9. The van der Waals surface area contributed by atoms with E-state index in [1.54, 1.807) is 103 Å². The highest BCUT2D eigenvalue weighted by molar-refractivity contribution is 9.10. The molecular weight excluding hydrogens is 1910 g/mol. The van der Waals surface area contributed by atoms with Crippen LogP contribution in [0.25, 0.3) is 51.1 Å². The van der Waals surface area contributed by atoms with Crippen LogP contribution in [0.4, 0.5) is 17.6 Å². The second-order valence-corrected chi connectivity index (χ2v) is 38.0. The Morgan fingerprint density at radius 1 is 0.474 bits per heavy atom. The number of piperidine rings is 4. The molecule has 0 radical (unpaired) electrons. The molecule has 4 fully saturated rings. The third kappa shape index (κ3) is 35.1. The number of fused-ring (bicyclic) bond motifs is 5. The molecule has 5 aliphatic rings. The zero-order valence-electron chi connectivity index (χ0n) is 71.7. The molecule has 1 atom stereocenters. The Morgan fingerprint density at radius 3 is 1.20 bits per heavy atom.